The average molecular weight is 268 g/mol. The van der Waals surface area contributed by atoms with E-state index in [1.807, 2.05) is 10.9 Å². The molecular weight excluding hydrogens is 244 g/mol. The molecule has 1 fully saturated rings. The van der Waals surface area contributed by atoms with E-state index in [-0.39, 0.29) is 6.29 Å². The molecule has 1 aromatic rings. The lowest BCUT2D eigenvalue weighted by Crippen LogP contribution is -2.24. The smallest absolute Gasteiger partial charge is 0.157 e. The first-order valence-corrected chi connectivity index (χ1v) is 7.21. The van der Waals surface area contributed by atoms with Crippen LogP contribution in [0.1, 0.15) is 38.3 Å². The number of nitrogens with one attached hydrogen (secondary N) is 1. The Bertz CT molecular complexity index is 350. The third-order valence-corrected chi connectivity index (χ3v) is 3.08. The third-order valence-electron chi connectivity index (χ3n) is 3.08. The number of rotatable bonds is 8. The lowest BCUT2D eigenvalue weighted by molar-refractivity contribution is -0.163. The quantitative estimate of drug-likeness (QED) is 0.721. The first-order chi connectivity index (χ1) is 9.38. The maximum absolute atomic E-state index is 5.67. The highest BCUT2D eigenvalue weighted by Gasteiger charge is 2.13. The monoisotopic (exact) mass is 268 g/mol. The summed E-state index contributed by atoms with van der Waals surface area (Å²) < 4.78 is 13.0. The molecule has 2 rings (SSSR count). The molecule has 0 aromatic carbocycles. The summed E-state index contributed by atoms with van der Waals surface area (Å²) in [5, 5.41) is 11.5. The summed E-state index contributed by atoms with van der Waals surface area (Å²) in [4.78, 5) is 0. The highest BCUT2D eigenvalue weighted by molar-refractivity contribution is 4.91. The van der Waals surface area contributed by atoms with Crippen molar-refractivity contribution in [2.75, 3.05) is 19.8 Å². The highest BCUT2D eigenvalue weighted by atomic mass is 16.7. The first kappa shape index (κ1) is 14.4. The molecule has 0 spiro atoms. The van der Waals surface area contributed by atoms with E-state index in [9.17, 15) is 0 Å². The Morgan fingerprint density at radius 1 is 1.53 bits per heavy atom. The Morgan fingerprint density at radius 2 is 2.47 bits per heavy atom. The van der Waals surface area contributed by atoms with Gasteiger partial charge in [0.1, 0.15) is 0 Å². The summed E-state index contributed by atoms with van der Waals surface area (Å²) >= 11 is 0. The van der Waals surface area contributed by atoms with Gasteiger partial charge in [0, 0.05) is 19.3 Å². The number of nitrogens with zero attached hydrogens (tertiary/aromatic N) is 3. The summed E-state index contributed by atoms with van der Waals surface area (Å²) in [6.45, 7) is 6.10. The zero-order valence-corrected chi connectivity index (χ0v) is 11.7. The molecule has 1 aliphatic rings. The Kier molecular flexibility index (Phi) is 6.26. The summed E-state index contributed by atoms with van der Waals surface area (Å²) in [5.74, 6) is 0. The second-order valence-electron chi connectivity index (χ2n) is 4.82. The molecule has 1 unspecified atom stereocenters. The van der Waals surface area contributed by atoms with Crippen LogP contribution in [0.3, 0.4) is 0 Å². The SMILES string of the molecule is CCCNCc1cn(CCOC2CCCCO2)nn1. The molecule has 6 heteroatoms. The van der Waals surface area contributed by atoms with Crippen molar-refractivity contribution in [2.45, 2.75) is 52.0 Å². The van der Waals surface area contributed by atoms with Crippen molar-refractivity contribution in [1.29, 1.82) is 0 Å². The lowest BCUT2D eigenvalue weighted by Gasteiger charge is -2.22. The van der Waals surface area contributed by atoms with Crippen LogP contribution in [-0.2, 0) is 22.6 Å². The van der Waals surface area contributed by atoms with Crippen molar-refractivity contribution in [3.8, 4) is 0 Å². The molecule has 1 aliphatic heterocycles. The first-order valence-electron chi connectivity index (χ1n) is 7.21. The van der Waals surface area contributed by atoms with E-state index >= 15 is 0 Å². The van der Waals surface area contributed by atoms with Crippen LogP contribution >= 0.6 is 0 Å². The van der Waals surface area contributed by atoms with E-state index in [4.69, 9.17) is 9.47 Å². The molecule has 0 aliphatic carbocycles. The lowest BCUT2D eigenvalue weighted by atomic mass is 10.2. The molecule has 2 heterocycles. The van der Waals surface area contributed by atoms with Crippen LogP contribution < -0.4 is 5.32 Å². The Hall–Kier alpha value is -0.980. The summed E-state index contributed by atoms with van der Waals surface area (Å²) in [7, 11) is 0. The largest absolute Gasteiger partial charge is 0.353 e. The van der Waals surface area contributed by atoms with E-state index in [0.29, 0.717) is 6.61 Å². The Labute approximate surface area is 114 Å². The number of ether oxygens (including phenoxy) is 2. The van der Waals surface area contributed by atoms with E-state index in [1.54, 1.807) is 0 Å². The van der Waals surface area contributed by atoms with Gasteiger partial charge in [0.2, 0.25) is 0 Å². The molecule has 108 valence electrons. The fourth-order valence-corrected chi connectivity index (χ4v) is 2.04. The molecule has 0 saturated carbocycles. The van der Waals surface area contributed by atoms with Gasteiger partial charge in [0.25, 0.3) is 0 Å². The molecule has 1 saturated heterocycles. The third kappa shape index (κ3) is 5.26. The van der Waals surface area contributed by atoms with Gasteiger partial charge in [-0.3, -0.25) is 0 Å². The number of hydrogen-bond acceptors (Lipinski definition) is 5. The fraction of sp³-hybridized carbons (Fsp3) is 0.846. The second kappa shape index (κ2) is 8.24. The van der Waals surface area contributed by atoms with Gasteiger partial charge in [-0.05, 0) is 32.2 Å². The number of hydrogen-bond donors (Lipinski definition) is 1. The van der Waals surface area contributed by atoms with E-state index in [2.05, 4.69) is 22.6 Å². The minimum Gasteiger partial charge on any atom is -0.353 e. The molecule has 6 nitrogen and oxygen atoms in total. The Morgan fingerprint density at radius 3 is 3.26 bits per heavy atom. The minimum absolute atomic E-state index is 0.0250. The molecule has 1 N–H and O–H groups in total. The van der Waals surface area contributed by atoms with Crippen LogP contribution in [0.5, 0.6) is 0 Å². The van der Waals surface area contributed by atoms with Crippen molar-refractivity contribution in [3.05, 3.63) is 11.9 Å². The molecular formula is C13H24N4O2. The second-order valence-corrected chi connectivity index (χ2v) is 4.82. The van der Waals surface area contributed by atoms with Gasteiger partial charge in [-0.15, -0.1) is 5.10 Å². The molecule has 0 bridgehead atoms. The summed E-state index contributed by atoms with van der Waals surface area (Å²) in [5.41, 5.74) is 0.974. The van der Waals surface area contributed by atoms with Gasteiger partial charge < -0.3 is 14.8 Å². The molecule has 1 atom stereocenters. The number of aromatic nitrogens is 3. The van der Waals surface area contributed by atoms with Crippen LogP contribution in [0.2, 0.25) is 0 Å². The van der Waals surface area contributed by atoms with Crippen LogP contribution in [0.4, 0.5) is 0 Å². The Balaban J connectivity index is 1.62. The zero-order valence-electron chi connectivity index (χ0n) is 11.7. The van der Waals surface area contributed by atoms with Gasteiger partial charge in [0.15, 0.2) is 6.29 Å². The maximum Gasteiger partial charge on any atom is 0.157 e. The van der Waals surface area contributed by atoms with E-state index in [1.165, 1.54) is 6.42 Å². The van der Waals surface area contributed by atoms with Crippen molar-refractivity contribution in [1.82, 2.24) is 20.3 Å². The van der Waals surface area contributed by atoms with Crippen molar-refractivity contribution in [3.63, 3.8) is 0 Å². The van der Waals surface area contributed by atoms with Gasteiger partial charge in [-0.1, -0.05) is 12.1 Å². The highest BCUT2D eigenvalue weighted by Crippen LogP contribution is 2.13. The zero-order chi connectivity index (χ0) is 13.3. The van der Waals surface area contributed by atoms with Crippen LogP contribution in [0.25, 0.3) is 0 Å². The standard InChI is InChI=1S/C13H24N4O2/c1-2-6-14-10-12-11-17(16-15-12)7-9-19-13-5-3-4-8-18-13/h11,13-14H,2-10H2,1H3. The topological polar surface area (TPSA) is 61.2 Å². The molecule has 0 radical (unpaired) electrons. The van der Waals surface area contributed by atoms with E-state index in [0.717, 1.165) is 51.2 Å². The normalized spacial score (nSPS) is 19.7. The molecule has 0 amide bonds. The van der Waals surface area contributed by atoms with Crippen molar-refractivity contribution in [2.24, 2.45) is 0 Å². The van der Waals surface area contributed by atoms with Gasteiger partial charge in [0.05, 0.1) is 18.8 Å². The van der Waals surface area contributed by atoms with Gasteiger partial charge in [-0.2, -0.15) is 0 Å². The predicted molar refractivity (Wildman–Crippen MR) is 71.6 cm³/mol. The van der Waals surface area contributed by atoms with Crippen LogP contribution in [-0.4, -0.2) is 41.0 Å². The minimum atomic E-state index is -0.0250. The fourth-order valence-electron chi connectivity index (χ4n) is 2.04. The summed E-state index contributed by atoms with van der Waals surface area (Å²) in [6, 6.07) is 0. The van der Waals surface area contributed by atoms with E-state index < -0.39 is 0 Å². The molecule has 19 heavy (non-hydrogen) atoms. The summed E-state index contributed by atoms with van der Waals surface area (Å²) in [6.07, 6.45) is 6.42. The van der Waals surface area contributed by atoms with Crippen LogP contribution in [0.15, 0.2) is 6.20 Å². The molecule has 1 aromatic heterocycles. The maximum atomic E-state index is 5.67. The van der Waals surface area contributed by atoms with Gasteiger partial charge >= 0.3 is 0 Å². The van der Waals surface area contributed by atoms with Crippen molar-refractivity contribution < 1.29 is 9.47 Å². The van der Waals surface area contributed by atoms with Crippen molar-refractivity contribution >= 4 is 0 Å². The predicted octanol–water partition coefficient (Wildman–Crippen LogP) is 1.32. The van der Waals surface area contributed by atoms with Gasteiger partial charge in [-0.25, -0.2) is 4.68 Å². The average Bonchev–Trinajstić information content (AvgIpc) is 2.88. The van der Waals surface area contributed by atoms with Crippen LogP contribution in [0, 0.1) is 0 Å².